The third-order valence-corrected chi connectivity index (χ3v) is 9.39. The Kier molecular flexibility index (Phi) is 7.72. The third kappa shape index (κ3) is 5.42. The number of aromatic nitrogens is 2. The van der Waals surface area contributed by atoms with Crippen molar-refractivity contribution in [3.8, 4) is 11.5 Å². The summed E-state index contributed by atoms with van der Waals surface area (Å²) in [7, 11) is 1.39. The summed E-state index contributed by atoms with van der Waals surface area (Å²) in [4.78, 5) is 19.6. The molecule has 0 saturated carbocycles. The Labute approximate surface area is 260 Å². The predicted molar refractivity (Wildman–Crippen MR) is 164 cm³/mol. The molecule has 3 aliphatic heterocycles. The zero-order valence-electron chi connectivity index (χ0n) is 24.9. The van der Waals surface area contributed by atoms with Crippen molar-refractivity contribution >= 4 is 28.6 Å². The smallest absolute Gasteiger partial charge is 0.337 e. The van der Waals surface area contributed by atoms with Gasteiger partial charge in [0, 0.05) is 22.8 Å². The molecule has 10 heteroatoms. The van der Waals surface area contributed by atoms with Crippen LogP contribution in [0.4, 0.5) is 4.39 Å². The Hall–Kier alpha value is -3.66. The average molecular weight is 620 g/mol. The number of methoxy groups -OCH3 is 1. The van der Waals surface area contributed by atoms with Gasteiger partial charge in [0.25, 0.3) is 0 Å². The summed E-state index contributed by atoms with van der Waals surface area (Å²) in [5.74, 6) is 1.90. The molecule has 8 nitrogen and oxygen atoms in total. The van der Waals surface area contributed by atoms with Gasteiger partial charge in [-0.2, -0.15) is 0 Å². The maximum absolute atomic E-state index is 14.8. The number of likely N-dealkylation sites (tertiary alicyclic amines) is 1. The highest BCUT2D eigenvalue weighted by Crippen LogP contribution is 2.46. The number of imidazole rings is 1. The molecule has 44 heavy (non-hydrogen) atoms. The number of rotatable bonds is 7. The van der Waals surface area contributed by atoms with Crippen molar-refractivity contribution < 1.29 is 28.1 Å². The van der Waals surface area contributed by atoms with Crippen molar-refractivity contribution in [3.05, 3.63) is 88.0 Å². The highest BCUT2D eigenvalue weighted by Gasteiger charge is 2.39. The van der Waals surface area contributed by atoms with Crippen molar-refractivity contribution in [3.63, 3.8) is 0 Å². The molecule has 4 aromatic rings. The first-order valence-electron chi connectivity index (χ1n) is 15.1. The Balaban J connectivity index is 1.07. The fraction of sp³-hybridized carbons (Fsp3) is 0.412. The van der Waals surface area contributed by atoms with E-state index in [1.54, 1.807) is 18.2 Å². The first kappa shape index (κ1) is 29.1. The summed E-state index contributed by atoms with van der Waals surface area (Å²) in [6.07, 6.45) is 3.09. The molecule has 1 unspecified atom stereocenters. The van der Waals surface area contributed by atoms with Gasteiger partial charge in [0.05, 0.1) is 42.9 Å². The number of ether oxygens (including phenoxy) is 4. The second-order valence-electron chi connectivity index (χ2n) is 12.1. The van der Waals surface area contributed by atoms with E-state index in [0.29, 0.717) is 40.9 Å². The van der Waals surface area contributed by atoms with E-state index in [1.165, 1.54) is 13.2 Å². The summed E-state index contributed by atoms with van der Waals surface area (Å²) in [5, 5.41) is 0.345. The molecule has 0 amide bonds. The van der Waals surface area contributed by atoms with E-state index >= 15 is 0 Å². The topological polar surface area (TPSA) is 75.0 Å². The molecule has 2 atom stereocenters. The SMILES string of the molecule is COC(=O)c1ccc2nc(CN3CCC(c4cccc5c4OCC(C)(c4ccc(Cl)cc4F)O5)CC3)n(C[C@@H]3CCO3)c2c1. The highest BCUT2D eigenvalue weighted by atomic mass is 35.5. The Bertz CT molecular complexity index is 1710. The van der Waals surface area contributed by atoms with Gasteiger partial charge in [-0.3, -0.25) is 4.90 Å². The predicted octanol–water partition coefficient (Wildman–Crippen LogP) is 6.47. The molecule has 230 valence electrons. The van der Waals surface area contributed by atoms with E-state index < -0.39 is 11.4 Å². The van der Waals surface area contributed by atoms with E-state index in [4.69, 9.17) is 35.5 Å². The number of esters is 1. The summed E-state index contributed by atoms with van der Waals surface area (Å²) >= 11 is 5.98. The van der Waals surface area contributed by atoms with Crippen LogP contribution in [0.25, 0.3) is 11.0 Å². The fourth-order valence-corrected chi connectivity index (χ4v) is 6.76. The van der Waals surface area contributed by atoms with Crippen LogP contribution < -0.4 is 9.47 Å². The number of para-hydroxylation sites is 1. The Morgan fingerprint density at radius 3 is 2.68 bits per heavy atom. The number of hydrogen-bond donors (Lipinski definition) is 0. The van der Waals surface area contributed by atoms with Crippen molar-refractivity contribution in [1.29, 1.82) is 0 Å². The molecule has 0 radical (unpaired) electrons. The normalized spacial score (nSPS) is 22.1. The molecule has 0 aliphatic carbocycles. The third-order valence-electron chi connectivity index (χ3n) is 9.16. The lowest BCUT2D eigenvalue weighted by Gasteiger charge is -2.38. The van der Waals surface area contributed by atoms with Gasteiger partial charge in [0.2, 0.25) is 0 Å². The maximum atomic E-state index is 14.8. The van der Waals surface area contributed by atoms with Crippen LogP contribution in [0.1, 0.15) is 59.4 Å². The molecule has 2 fully saturated rings. The summed E-state index contributed by atoms with van der Waals surface area (Å²) in [5.41, 5.74) is 2.89. The summed E-state index contributed by atoms with van der Waals surface area (Å²) in [6.45, 7) is 6.04. The molecule has 0 N–H and O–H groups in total. The van der Waals surface area contributed by atoms with E-state index in [0.717, 1.165) is 67.1 Å². The van der Waals surface area contributed by atoms with Crippen molar-refractivity contribution in [2.24, 2.45) is 0 Å². The lowest BCUT2D eigenvalue weighted by Crippen LogP contribution is -2.40. The second-order valence-corrected chi connectivity index (χ2v) is 12.5. The molecule has 0 bridgehead atoms. The van der Waals surface area contributed by atoms with Gasteiger partial charge in [-0.15, -0.1) is 0 Å². The minimum absolute atomic E-state index is 0.156. The maximum Gasteiger partial charge on any atom is 0.337 e. The number of hydrogen-bond acceptors (Lipinski definition) is 7. The van der Waals surface area contributed by atoms with Crippen LogP contribution in [0.2, 0.25) is 5.02 Å². The molecule has 3 aliphatic rings. The minimum Gasteiger partial charge on any atom is -0.485 e. The van der Waals surface area contributed by atoms with Gasteiger partial charge >= 0.3 is 5.97 Å². The van der Waals surface area contributed by atoms with Crippen molar-refractivity contribution in [2.45, 2.75) is 56.9 Å². The van der Waals surface area contributed by atoms with Gasteiger partial charge in [0.15, 0.2) is 17.1 Å². The lowest BCUT2D eigenvalue weighted by molar-refractivity contribution is -0.0592. The standard InChI is InChI=1S/C34H35ClFN3O5/c1-34(26-8-7-23(35)17-27(26)36)20-43-32-25(4-3-5-30(32)44-34)21-10-13-38(14-11-21)19-31-37-28-9-6-22(33(40)41-2)16-29(28)39(31)18-24-12-15-42-24/h3-9,16-17,21,24H,10-15,18-20H2,1-2H3/t24-,34?/m0/s1. The van der Waals surface area contributed by atoms with Gasteiger partial charge in [0.1, 0.15) is 18.2 Å². The number of carbonyl (C=O) groups is 1. The molecular weight excluding hydrogens is 585 g/mol. The van der Waals surface area contributed by atoms with Crippen LogP contribution in [-0.2, 0) is 28.2 Å². The Morgan fingerprint density at radius 1 is 1.14 bits per heavy atom. The van der Waals surface area contributed by atoms with Crippen LogP contribution in [0, 0.1) is 5.82 Å². The average Bonchev–Trinajstić information content (AvgIpc) is 3.34. The van der Waals surface area contributed by atoms with Gasteiger partial charge in [-0.1, -0.05) is 29.8 Å². The molecule has 2 saturated heterocycles. The quantitative estimate of drug-likeness (QED) is 0.220. The molecular formula is C34H35ClFN3O5. The minimum atomic E-state index is -0.961. The number of piperidine rings is 1. The number of fused-ring (bicyclic) bond motifs is 2. The van der Waals surface area contributed by atoms with Gasteiger partial charge < -0.3 is 23.5 Å². The first-order chi connectivity index (χ1) is 21.3. The van der Waals surface area contributed by atoms with E-state index in [2.05, 4.69) is 15.5 Å². The van der Waals surface area contributed by atoms with Crippen molar-refractivity contribution in [1.82, 2.24) is 14.5 Å². The van der Waals surface area contributed by atoms with E-state index in [-0.39, 0.29) is 18.7 Å². The summed E-state index contributed by atoms with van der Waals surface area (Å²) in [6, 6.07) is 16.2. The van der Waals surface area contributed by atoms with Crippen molar-refractivity contribution in [2.75, 3.05) is 33.4 Å². The monoisotopic (exact) mass is 619 g/mol. The zero-order chi connectivity index (χ0) is 30.4. The first-order valence-corrected chi connectivity index (χ1v) is 15.5. The molecule has 1 aromatic heterocycles. The van der Waals surface area contributed by atoms with Gasteiger partial charge in [-0.05, 0) is 81.6 Å². The van der Waals surface area contributed by atoms with Crippen LogP contribution in [0.5, 0.6) is 11.5 Å². The van der Waals surface area contributed by atoms with E-state index in [9.17, 15) is 9.18 Å². The number of nitrogens with zero attached hydrogens (tertiary/aromatic N) is 3. The summed E-state index contributed by atoms with van der Waals surface area (Å²) < 4.78 is 40.4. The number of halogens is 2. The van der Waals surface area contributed by atoms with E-state index in [1.807, 2.05) is 31.2 Å². The Morgan fingerprint density at radius 2 is 1.95 bits per heavy atom. The molecule has 4 heterocycles. The molecule has 0 spiro atoms. The van der Waals surface area contributed by atoms with Crippen LogP contribution >= 0.6 is 11.6 Å². The molecule has 7 rings (SSSR count). The van der Waals surface area contributed by atoms with Crippen LogP contribution in [-0.4, -0.2) is 59.9 Å². The zero-order valence-corrected chi connectivity index (χ0v) is 25.6. The highest BCUT2D eigenvalue weighted by molar-refractivity contribution is 6.30. The fourth-order valence-electron chi connectivity index (χ4n) is 6.60. The van der Waals surface area contributed by atoms with Crippen LogP contribution in [0.3, 0.4) is 0 Å². The second kappa shape index (κ2) is 11.7. The number of carbonyl (C=O) groups excluding carboxylic acids is 1. The number of benzene rings is 3. The van der Waals surface area contributed by atoms with Crippen LogP contribution in [0.15, 0.2) is 54.6 Å². The van der Waals surface area contributed by atoms with Gasteiger partial charge in [-0.25, -0.2) is 14.2 Å². The molecule has 3 aromatic carbocycles. The largest absolute Gasteiger partial charge is 0.485 e. The lowest BCUT2D eigenvalue weighted by atomic mass is 9.87.